The van der Waals surface area contributed by atoms with E-state index in [1.54, 1.807) is 44.2 Å². The fraction of sp³-hybridized carbons (Fsp3) is 0.457. The summed E-state index contributed by atoms with van der Waals surface area (Å²) in [6, 6.07) is 8.57. The van der Waals surface area contributed by atoms with Gasteiger partial charge in [-0.25, -0.2) is 26.1 Å². The molecule has 5 N–H and O–H groups in total. The van der Waals surface area contributed by atoms with Crippen molar-refractivity contribution in [1.82, 2.24) is 33.9 Å². The number of phosphoric ester groups is 1. The summed E-state index contributed by atoms with van der Waals surface area (Å²) in [7, 11) is -3.25. The number of aromatic amines is 1. The van der Waals surface area contributed by atoms with Crippen LogP contribution in [0, 0.1) is 12.5 Å². The summed E-state index contributed by atoms with van der Waals surface area (Å²) in [6.07, 6.45) is -5.10. The molecule has 24 heteroatoms. The first-order chi connectivity index (χ1) is 28.4. The van der Waals surface area contributed by atoms with Crippen molar-refractivity contribution in [2.45, 2.75) is 63.1 Å². The molecule has 0 radical (unpaired) electrons. The van der Waals surface area contributed by atoms with Crippen molar-refractivity contribution in [2.75, 3.05) is 44.1 Å². The standard InChI is InChI=1S/C35H39N10O12PS/c1-17(2)31(48)42-35-41-30-25(33(50)43-35)39-16-45(30)34-26(47)27(52-4)22(56-34)14-54-58(51,53-11-10-36-3)57-19-12-20(55-21(19)13-46)28-23-24(44-59-28)29(38-15-37-23)40-32(49)18-8-6-5-7-9-18/h5-9,15-17,19-22,26-27,34,46-47H,10-14H2,1-2,4H3,(H,37,38,40,49)(H2,41,42,43,48,50)/t19-,20+,21+,22+,26+,27+,34+,58?/m0/s1. The predicted octanol–water partition coefficient (Wildman–Crippen LogP) is 2.61. The lowest BCUT2D eigenvalue weighted by Crippen LogP contribution is -2.36. The molecule has 312 valence electrons. The summed E-state index contributed by atoms with van der Waals surface area (Å²) in [5, 5.41) is 26.9. The van der Waals surface area contributed by atoms with Gasteiger partial charge in [0.2, 0.25) is 18.4 Å². The Balaban J connectivity index is 1.07. The van der Waals surface area contributed by atoms with Crippen LogP contribution in [0.2, 0.25) is 0 Å². The molecule has 5 aromatic rings. The minimum Gasteiger partial charge on any atom is -0.394 e. The number of anilines is 2. The first-order valence-corrected chi connectivity index (χ1v) is 20.4. The summed E-state index contributed by atoms with van der Waals surface area (Å²) in [6.45, 7) is 8.92. The van der Waals surface area contributed by atoms with Gasteiger partial charge in [0.1, 0.15) is 54.5 Å². The summed E-state index contributed by atoms with van der Waals surface area (Å²) in [5.74, 6) is -1.15. The van der Waals surface area contributed by atoms with Crippen LogP contribution in [0.15, 0.2) is 47.8 Å². The monoisotopic (exact) mass is 854 g/mol. The minimum atomic E-state index is -4.57. The van der Waals surface area contributed by atoms with E-state index in [-0.39, 0.29) is 42.5 Å². The first kappa shape index (κ1) is 42.0. The lowest BCUT2D eigenvalue weighted by atomic mass is 10.1. The van der Waals surface area contributed by atoms with E-state index in [0.717, 1.165) is 11.5 Å². The second-order valence-corrected chi connectivity index (χ2v) is 16.0. The Labute approximate surface area is 338 Å². The molecule has 2 aliphatic rings. The highest BCUT2D eigenvalue weighted by atomic mass is 32.1. The third-order valence-corrected chi connectivity index (χ3v) is 11.8. The van der Waals surface area contributed by atoms with Crippen molar-refractivity contribution in [1.29, 1.82) is 0 Å². The molecular formula is C35H39N10O12PS. The van der Waals surface area contributed by atoms with E-state index in [2.05, 4.69) is 44.8 Å². The van der Waals surface area contributed by atoms with Crippen LogP contribution in [0.5, 0.6) is 0 Å². The molecule has 0 saturated carbocycles. The summed E-state index contributed by atoms with van der Waals surface area (Å²) in [5.41, 5.74) is 0.380. The van der Waals surface area contributed by atoms with E-state index in [4.69, 9.17) is 34.4 Å². The van der Waals surface area contributed by atoms with E-state index in [0.29, 0.717) is 21.5 Å². The number of aromatic nitrogens is 7. The van der Waals surface area contributed by atoms with E-state index in [9.17, 15) is 29.2 Å². The molecule has 8 atom stereocenters. The van der Waals surface area contributed by atoms with Crippen LogP contribution in [0.1, 0.15) is 47.8 Å². The summed E-state index contributed by atoms with van der Waals surface area (Å²) in [4.78, 5) is 61.2. The third-order valence-electron chi connectivity index (χ3n) is 9.40. The number of aliphatic hydroxyl groups excluding tert-OH is 2. The van der Waals surface area contributed by atoms with Crippen LogP contribution in [-0.4, -0.2) is 120 Å². The molecule has 2 amide bonds. The molecule has 6 heterocycles. The maximum absolute atomic E-state index is 14.3. The van der Waals surface area contributed by atoms with Gasteiger partial charge < -0.3 is 34.6 Å². The van der Waals surface area contributed by atoms with Crippen LogP contribution in [0.4, 0.5) is 11.8 Å². The van der Waals surface area contributed by atoms with Crippen molar-refractivity contribution in [2.24, 2.45) is 5.92 Å². The fourth-order valence-corrected chi connectivity index (χ4v) is 8.70. The van der Waals surface area contributed by atoms with E-state index >= 15 is 0 Å². The Hall–Kier alpha value is -5.12. The molecular weight excluding hydrogens is 815 g/mol. The van der Waals surface area contributed by atoms with Gasteiger partial charge in [0.25, 0.3) is 11.5 Å². The normalized spacial score (nSPS) is 24.1. The lowest BCUT2D eigenvalue weighted by Gasteiger charge is -2.25. The van der Waals surface area contributed by atoms with Crippen LogP contribution in [0.3, 0.4) is 0 Å². The first-order valence-electron chi connectivity index (χ1n) is 18.2. The van der Waals surface area contributed by atoms with Crippen LogP contribution in [0.25, 0.3) is 27.0 Å². The second-order valence-electron chi connectivity index (χ2n) is 13.6. The Morgan fingerprint density at radius 1 is 1.12 bits per heavy atom. The predicted molar refractivity (Wildman–Crippen MR) is 207 cm³/mol. The number of carbonyl (C=O) groups is 2. The Kier molecular flexibility index (Phi) is 12.8. The number of carbonyl (C=O) groups excluding carboxylic acids is 2. The molecule has 0 bridgehead atoms. The number of nitrogens with zero attached hydrogens (tertiary/aromatic N) is 7. The van der Waals surface area contributed by atoms with Crippen molar-refractivity contribution in [3.05, 3.63) is 75.2 Å². The number of H-pyrrole nitrogens is 1. The van der Waals surface area contributed by atoms with Crippen molar-refractivity contribution >= 4 is 65.1 Å². The average molecular weight is 855 g/mol. The van der Waals surface area contributed by atoms with Crippen molar-refractivity contribution in [3.8, 4) is 0 Å². The van der Waals surface area contributed by atoms with Gasteiger partial charge in [-0.2, -0.15) is 9.36 Å². The van der Waals surface area contributed by atoms with E-state index < -0.39 is 87.2 Å². The van der Waals surface area contributed by atoms with Gasteiger partial charge in [-0.15, -0.1) is 0 Å². The highest BCUT2D eigenvalue weighted by Gasteiger charge is 2.48. The number of nitrogens with one attached hydrogen (secondary N) is 3. The molecule has 1 aromatic carbocycles. The Bertz CT molecular complexity index is 2460. The maximum Gasteiger partial charge on any atom is 0.475 e. The molecule has 2 saturated heterocycles. The average Bonchev–Trinajstić information content (AvgIpc) is 4.02. The highest BCUT2D eigenvalue weighted by Crippen LogP contribution is 2.54. The molecule has 7 rings (SSSR count). The number of phosphoric acid groups is 1. The summed E-state index contributed by atoms with van der Waals surface area (Å²) < 4.78 is 55.1. The molecule has 4 aromatic heterocycles. The highest BCUT2D eigenvalue weighted by molar-refractivity contribution is 7.48. The van der Waals surface area contributed by atoms with Gasteiger partial charge in [-0.3, -0.25) is 42.8 Å². The number of rotatable bonds is 16. The van der Waals surface area contributed by atoms with Crippen LogP contribution in [-0.2, 0) is 37.1 Å². The number of amides is 2. The van der Waals surface area contributed by atoms with E-state index in [1.807, 2.05) is 0 Å². The lowest BCUT2D eigenvalue weighted by molar-refractivity contribution is -0.118. The maximum atomic E-state index is 14.3. The molecule has 2 fully saturated rings. The van der Waals surface area contributed by atoms with Gasteiger partial charge >= 0.3 is 7.82 Å². The topological polar surface area (TPSA) is 278 Å². The Morgan fingerprint density at radius 3 is 2.64 bits per heavy atom. The zero-order chi connectivity index (χ0) is 41.8. The van der Waals surface area contributed by atoms with Gasteiger partial charge in [0, 0.05) is 25.0 Å². The second kappa shape index (κ2) is 18.0. The van der Waals surface area contributed by atoms with Gasteiger partial charge in [-0.1, -0.05) is 32.0 Å². The number of hydrogen-bond acceptors (Lipinski definition) is 18. The number of fused-ring (bicyclic) bond motifs is 2. The molecule has 2 aliphatic heterocycles. The van der Waals surface area contributed by atoms with Gasteiger partial charge in [0.15, 0.2) is 23.2 Å². The zero-order valence-corrected chi connectivity index (χ0v) is 33.4. The number of benzene rings is 1. The van der Waals surface area contributed by atoms with Gasteiger partial charge in [0.05, 0.1) is 30.5 Å². The zero-order valence-electron chi connectivity index (χ0n) is 31.7. The minimum absolute atomic E-state index is 0.0102. The molecule has 0 spiro atoms. The van der Waals surface area contributed by atoms with Gasteiger partial charge in [-0.05, 0) is 23.7 Å². The largest absolute Gasteiger partial charge is 0.475 e. The number of ether oxygens (including phenoxy) is 3. The van der Waals surface area contributed by atoms with Crippen LogP contribution < -0.4 is 16.2 Å². The van der Waals surface area contributed by atoms with Crippen molar-refractivity contribution in [3.63, 3.8) is 0 Å². The molecule has 22 nitrogen and oxygen atoms in total. The number of imidazole rings is 1. The third kappa shape index (κ3) is 8.92. The number of hydrogen-bond donors (Lipinski definition) is 5. The quantitative estimate of drug-likeness (QED) is 0.0542. The smallest absolute Gasteiger partial charge is 0.394 e. The Morgan fingerprint density at radius 2 is 1.92 bits per heavy atom. The molecule has 1 unspecified atom stereocenters. The number of methoxy groups -OCH3 is 1. The van der Waals surface area contributed by atoms with Crippen LogP contribution >= 0.6 is 19.4 Å². The molecule has 59 heavy (non-hydrogen) atoms. The fourth-order valence-electron chi connectivity index (χ4n) is 6.45. The molecule has 0 aliphatic carbocycles. The van der Waals surface area contributed by atoms with Crippen molar-refractivity contribution < 1.29 is 52.1 Å². The van der Waals surface area contributed by atoms with E-state index in [1.165, 1.54) is 24.3 Å². The summed E-state index contributed by atoms with van der Waals surface area (Å²) >= 11 is 1.05. The SMILES string of the molecule is [C-]#[N+]CCOP(=O)(OC[C@H]1O[C@@H](n2cnc3c(=O)[nH]c(NC(=O)C(C)C)nc32)[C@H](O)[C@@H]1OC)O[C@H]1C[C@H](c2snc3c(NC(=O)c4ccccc4)ncnc23)O[C@@H]1CO. The number of aliphatic hydroxyl groups is 2.